The minimum Gasteiger partial charge on any atom is -0.481 e. The number of carboxylic acid groups (broad SMARTS) is 1. The van der Waals surface area contributed by atoms with E-state index in [2.05, 4.69) is 20.5 Å². The molecule has 1 amide bonds. The summed E-state index contributed by atoms with van der Waals surface area (Å²) in [5.41, 5.74) is 0. The van der Waals surface area contributed by atoms with Crippen molar-refractivity contribution < 1.29 is 14.7 Å². The SMILES string of the molecule is CC(CCCNC(=O)c1ncn[nH]1)C(=O)O. The van der Waals surface area contributed by atoms with E-state index < -0.39 is 5.97 Å². The molecular formula is C9H14N4O3. The molecule has 1 aromatic rings. The third kappa shape index (κ3) is 3.68. The number of carbonyl (C=O) groups excluding carboxylic acids is 1. The van der Waals surface area contributed by atoms with E-state index in [9.17, 15) is 9.59 Å². The van der Waals surface area contributed by atoms with Crippen LogP contribution < -0.4 is 5.32 Å². The van der Waals surface area contributed by atoms with Crippen molar-refractivity contribution in [3.63, 3.8) is 0 Å². The number of aliphatic carboxylic acids is 1. The van der Waals surface area contributed by atoms with Crippen molar-refractivity contribution in [3.8, 4) is 0 Å². The second-order valence-corrected chi connectivity index (χ2v) is 3.47. The number of nitrogens with zero attached hydrogens (tertiary/aromatic N) is 2. The molecule has 7 nitrogen and oxygen atoms in total. The number of H-pyrrole nitrogens is 1. The first kappa shape index (κ1) is 12.2. The molecule has 16 heavy (non-hydrogen) atoms. The molecule has 88 valence electrons. The topological polar surface area (TPSA) is 108 Å². The Kier molecular flexibility index (Phi) is 4.43. The van der Waals surface area contributed by atoms with E-state index in [1.54, 1.807) is 6.92 Å². The molecule has 7 heteroatoms. The molecule has 0 saturated carbocycles. The van der Waals surface area contributed by atoms with Crippen molar-refractivity contribution in [2.45, 2.75) is 19.8 Å². The first-order chi connectivity index (χ1) is 7.61. The number of hydrogen-bond acceptors (Lipinski definition) is 4. The van der Waals surface area contributed by atoms with E-state index in [-0.39, 0.29) is 17.6 Å². The quantitative estimate of drug-likeness (QED) is 0.593. The van der Waals surface area contributed by atoms with Crippen LogP contribution in [-0.4, -0.2) is 38.7 Å². The Bertz CT molecular complexity index is 350. The molecule has 0 aliphatic carbocycles. The van der Waals surface area contributed by atoms with Crippen molar-refractivity contribution in [2.24, 2.45) is 5.92 Å². The van der Waals surface area contributed by atoms with Crippen LogP contribution in [0.15, 0.2) is 6.33 Å². The van der Waals surface area contributed by atoms with Crippen LogP contribution in [0.3, 0.4) is 0 Å². The summed E-state index contributed by atoms with van der Waals surface area (Å²) >= 11 is 0. The number of nitrogens with one attached hydrogen (secondary N) is 2. The van der Waals surface area contributed by atoms with Gasteiger partial charge in [0.25, 0.3) is 5.91 Å². The van der Waals surface area contributed by atoms with Gasteiger partial charge in [-0.3, -0.25) is 14.7 Å². The molecule has 0 fully saturated rings. The summed E-state index contributed by atoms with van der Waals surface area (Å²) in [4.78, 5) is 25.5. The molecule has 1 atom stereocenters. The highest BCUT2D eigenvalue weighted by Crippen LogP contribution is 2.04. The zero-order valence-electron chi connectivity index (χ0n) is 8.93. The van der Waals surface area contributed by atoms with Gasteiger partial charge in [0, 0.05) is 6.54 Å². The second-order valence-electron chi connectivity index (χ2n) is 3.47. The molecule has 0 radical (unpaired) electrons. The lowest BCUT2D eigenvalue weighted by Gasteiger charge is -2.06. The fourth-order valence-corrected chi connectivity index (χ4v) is 1.13. The predicted molar refractivity (Wildman–Crippen MR) is 54.7 cm³/mol. The highest BCUT2D eigenvalue weighted by molar-refractivity contribution is 5.90. The molecule has 0 saturated heterocycles. The maximum absolute atomic E-state index is 11.3. The standard InChI is InChI=1S/C9H14N4O3/c1-6(9(15)16)3-2-4-10-8(14)7-11-5-12-13-7/h5-6H,2-4H2,1H3,(H,10,14)(H,15,16)(H,11,12,13). The first-order valence-corrected chi connectivity index (χ1v) is 4.97. The average Bonchev–Trinajstić information content (AvgIpc) is 2.76. The number of aromatic amines is 1. The van der Waals surface area contributed by atoms with Crippen LogP contribution in [0, 0.1) is 5.92 Å². The Morgan fingerprint density at radius 2 is 2.38 bits per heavy atom. The van der Waals surface area contributed by atoms with E-state index in [1.165, 1.54) is 6.33 Å². The van der Waals surface area contributed by atoms with Crippen LogP contribution >= 0.6 is 0 Å². The average molecular weight is 226 g/mol. The summed E-state index contributed by atoms with van der Waals surface area (Å²) in [6.45, 7) is 2.07. The maximum atomic E-state index is 11.3. The summed E-state index contributed by atoms with van der Waals surface area (Å²) in [6, 6.07) is 0. The molecule has 0 aliphatic heterocycles. The minimum absolute atomic E-state index is 0.159. The summed E-state index contributed by atoms with van der Waals surface area (Å²) in [5, 5.41) is 17.2. The van der Waals surface area contributed by atoms with Crippen LogP contribution in [0.25, 0.3) is 0 Å². The number of amides is 1. The van der Waals surface area contributed by atoms with Crippen molar-refractivity contribution >= 4 is 11.9 Å². The lowest BCUT2D eigenvalue weighted by molar-refractivity contribution is -0.141. The van der Waals surface area contributed by atoms with E-state index in [0.29, 0.717) is 19.4 Å². The molecule has 3 N–H and O–H groups in total. The van der Waals surface area contributed by atoms with Gasteiger partial charge < -0.3 is 10.4 Å². The normalized spacial score (nSPS) is 12.1. The van der Waals surface area contributed by atoms with Crippen LogP contribution in [-0.2, 0) is 4.79 Å². The van der Waals surface area contributed by atoms with Gasteiger partial charge in [-0.05, 0) is 12.8 Å². The van der Waals surface area contributed by atoms with Crippen LogP contribution in [0.5, 0.6) is 0 Å². The Morgan fingerprint density at radius 1 is 1.62 bits per heavy atom. The fraction of sp³-hybridized carbons (Fsp3) is 0.556. The molecule has 0 bridgehead atoms. The lowest BCUT2D eigenvalue weighted by atomic mass is 10.1. The van der Waals surface area contributed by atoms with Crippen LogP contribution in [0.2, 0.25) is 0 Å². The number of rotatable bonds is 6. The smallest absolute Gasteiger partial charge is 0.306 e. The maximum Gasteiger partial charge on any atom is 0.306 e. The zero-order valence-corrected chi connectivity index (χ0v) is 8.93. The predicted octanol–water partition coefficient (Wildman–Crippen LogP) is 0.0354. The van der Waals surface area contributed by atoms with Gasteiger partial charge in [0.15, 0.2) is 0 Å². The Hall–Kier alpha value is -1.92. The van der Waals surface area contributed by atoms with Gasteiger partial charge in [-0.1, -0.05) is 6.92 Å². The van der Waals surface area contributed by atoms with Crippen LogP contribution in [0.1, 0.15) is 30.4 Å². The molecule has 0 spiro atoms. The highest BCUT2D eigenvalue weighted by Gasteiger charge is 2.11. The minimum atomic E-state index is -0.818. The number of carbonyl (C=O) groups is 2. The molecular weight excluding hydrogens is 212 g/mol. The molecule has 0 aromatic carbocycles. The van der Waals surface area contributed by atoms with E-state index in [1.807, 2.05) is 0 Å². The number of aromatic nitrogens is 3. The number of hydrogen-bond donors (Lipinski definition) is 3. The van der Waals surface area contributed by atoms with E-state index >= 15 is 0 Å². The van der Waals surface area contributed by atoms with Gasteiger partial charge in [-0.25, -0.2) is 4.98 Å². The number of carboxylic acids is 1. The zero-order chi connectivity index (χ0) is 12.0. The van der Waals surface area contributed by atoms with Crippen molar-refractivity contribution in [3.05, 3.63) is 12.2 Å². The third-order valence-corrected chi connectivity index (χ3v) is 2.15. The molecule has 1 rings (SSSR count). The van der Waals surface area contributed by atoms with Crippen molar-refractivity contribution in [1.82, 2.24) is 20.5 Å². The van der Waals surface area contributed by atoms with Gasteiger partial charge >= 0.3 is 5.97 Å². The largest absolute Gasteiger partial charge is 0.481 e. The van der Waals surface area contributed by atoms with E-state index in [4.69, 9.17) is 5.11 Å². The van der Waals surface area contributed by atoms with Gasteiger partial charge in [0.1, 0.15) is 6.33 Å². The van der Waals surface area contributed by atoms with Crippen LogP contribution in [0.4, 0.5) is 0 Å². The van der Waals surface area contributed by atoms with Crippen molar-refractivity contribution in [1.29, 1.82) is 0 Å². The second kappa shape index (κ2) is 5.84. The highest BCUT2D eigenvalue weighted by atomic mass is 16.4. The molecule has 1 unspecified atom stereocenters. The Labute approximate surface area is 92.3 Å². The molecule has 1 heterocycles. The van der Waals surface area contributed by atoms with Crippen molar-refractivity contribution in [2.75, 3.05) is 6.54 Å². The van der Waals surface area contributed by atoms with E-state index in [0.717, 1.165) is 0 Å². The summed E-state index contributed by atoms with van der Waals surface area (Å²) < 4.78 is 0. The molecule has 1 aromatic heterocycles. The third-order valence-electron chi connectivity index (χ3n) is 2.15. The fourth-order valence-electron chi connectivity index (χ4n) is 1.13. The lowest BCUT2D eigenvalue weighted by Crippen LogP contribution is -2.26. The summed E-state index contributed by atoms with van der Waals surface area (Å²) in [6.07, 6.45) is 2.40. The Morgan fingerprint density at radius 3 is 2.94 bits per heavy atom. The summed E-state index contributed by atoms with van der Waals surface area (Å²) in [7, 11) is 0. The van der Waals surface area contributed by atoms with Gasteiger partial charge in [0.05, 0.1) is 5.92 Å². The molecule has 0 aliphatic rings. The Balaban J connectivity index is 2.17. The van der Waals surface area contributed by atoms with Gasteiger partial charge in [-0.15, -0.1) is 0 Å². The summed E-state index contributed by atoms with van der Waals surface area (Å²) in [5.74, 6) is -1.38. The van der Waals surface area contributed by atoms with Gasteiger partial charge in [0.2, 0.25) is 5.82 Å². The first-order valence-electron chi connectivity index (χ1n) is 4.97. The van der Waals surface area contributed by atoms with Gasteiger partial charge in [-0.2, -0.15) is 5.10 Å². The monoisotopic (exact) mass is 226 g/mol.